The Balaban J connectivity index is -0.0000000800. The topological polar surface area (TPSA) is 109 Å². The van der Waals surface area contributed by atoms with E-state index in [1.54, 1.807) is 0 Å². The summed E-state index contributed by atoms with van der Waals surface area (Å²) in [5.41, 5.74) is 0. The van der Waals surface area contributed by atoms with Gasteiger partial charge in [0.25, 0.3) is 0 Å². The van der Waals surface area contributed by atoms with Crippen LogP contribution < -0.4 is 0 Å². The average Bonchev–Trinajstić information content (AvgIpc) is 0.722. The summed E-state index contributed by atoms with van der Waals surface area (Å²) in [6.07, 6.45) is 0. The van der Waals surface area contributed by atoms with Crippen LogP contribution >= 0.6 is 7.82 Å². The van der Waals surface area contributed by atoms with E-state index in [-0.39, 0.29) is 22.0 Å². The van der Waals surface area contributed by atoms with Gasteiger partial charge in [-0.2, -0.15) is 0 Å². The van der Waals surface area contributed by atoms with Crippen molar-refractivity contribution < 1.29 is 41.2 Å². The Hall–Kier alpha value is 0.564. The zero-order valence-corrected chi connectivity index (χ0v) is 4.90. The Morgan fingerprint density at radius 2 is 1.14 bits per heavy atom. The van der Waals surface area contributed by atoms with Gasteiger partial charge in [-0.25, -0.2) is 4.57 Å². The van der Waals surface area contributed by atoms with Gasteiger partial charge < -0.3 is 20.2 Å². The Kier molecular flexibility index (Phi) is 10.5. The minimum Gasteiger partial charge on any atom is -0.412 e. The van der Waals surface area contributed by atoms with Gasteiger partial charge in [-0.05, 0) is 0 Å². The summed E-state index contributed by atoms with van der Waals surface area (Å²) in [5.74, 6) is 0. The molecule has 0 aliphatic heterocycles. The van der Waals surface area contributed by atoms with Gasteiger partial charge in [0.05, 0.1) is 0 Å². The summed E-state index contributed by atoms with van der Waals surface area (Å²) in [4.78, 5) is 21.6. The number of hydrogen-bond acceptors (Lipinski definition) is 1. The third-order valence-electron chi connectivity index (χ3n) is 0. The zero-order valence-electron chi connectivity index (χ0n) is 3.01. The summed E-state index contributed by atoms with van der Waals surface area (Å²) in [6, 6.07) is 0. The largest absolute Gasteiger partial charge is 0.466 e. The molecule has 5 nitrogen and oxygen atoms in total. The Morgan fingerprint density at radius 1 is 1.14 bits per heavy atom. The van der Waals surface area contributed by atoms with E-state index in [9.17, 15) is 0 Å². The second-order valence-corrected chi connectivity index (χ2v) is 1.54. The van der Waals surface area contributed by atoms with Crippen LogP contribution in [0, 0.1) is 0 Å². The van der Waals surface area contributed by atoms with Crippen molar-refractivity contribution in [3.63, 3.8) is 0 Å². The first-order chi connectivity index (χ1) is 2.00. The maximum absolute atomic E-state index is 8.88. The maximum Gasteiger partial charge on any atom is 0.466 e. The van der Waals surface area contributed by atoms with Crippen molar-refractivity contribution in [1.82, 2.24) is 0 Å². The van der Waals surface area contributed by atoms with Crippen LogP contribution in [0.5, 0.6) is 0 Å². The second-order valence-electron chi connectivity index (χ2n) is 0.513. The van der Waals surface area contributed by atoms with Gasteiger partial charge in [0.2, 0.25) is 0 Å². The van der Waals surface area contributed by atoms with Crippen molar-refractivity contribution in [3.05, 3.63) is 0 Å². The molecule has 0 heterocycles. The van der Waals surface area contributed by atoms with Crippen LogP contribution in [0.4, 0.5) is 0 Å². The van der Waals surface area contributed by atoms with E-state index in [0.717, 1.165) is 0 Å². The molecule has 7 heteroatoms. The minimum absolute atomic E-state index is 0. The molecule has 0 saturated carbocycles. The average molecular weight is 175 g/mol. The Bertz CT molecular complexity index is 54.2. The molecular weight excluding hydrogens is 170 g/mol. The van der Waals surface area contributed by atoms with E-state index < -0.39 is 7.82 Å². The normalized spacial score (nSPS) is 8.43. The van der Waals surface area contributed by atoms with Gasteiger partial charge in [0.15, 0.2) is 0 Å². The molecule has 0 saturated heterocycles. The van der Waals surface area contributed by atoms with E-state index >= 15 is 0 Å². The first-order valence-electron chi connectivity index (χ1n) is 0.783. The van der Waals surface area contributed by atoms with Gasteiger partial charge >= 0.3 is 7.82 Å². The predicted octanol–water partition coefficient (Wildman–Crippen LogP) is -1.76. The molecule has 0 fully saturated rings. The molecule has 5 N–H and O–H groups in total. The molecule has 50 valence electrons. The summed E-state index contributed by atoms with van der Waals surface area (Å²) in [5, 5.41) is 0. The fraction of sp³-hybridized carbons (Fsp3) is 0. The van der Waals surface area contributed by atoms with Crippen LogP contribution in [-0.4, -0.2) is 20.2 Å². The SMILES string of the molecule is O.O=P(O)(O)O.[Ni]. The molecule has 0 aliphatic rings. The summed E-state index contributed by atoms with van der Waals surface area (Å²) >= 11 is 0. The number of rotatable bonds is 0. The molecule has 0 radical (unpaired) electrons. The van der Waals surface area contributed by atoms with Crippen LogP contribution in [0.3, 0.4) is 0 Å². The van der Waals surface area contributed by atoms with Gasteiger partial charge in [-0.3, -0.25) is 0 Å². The Morgan fingerprint density at radius 3 is 1.14 bits per heavy atom. The van der Waals surface area contributed by atoms with Gasteiger partial charge in [0.1, 0.15) is 0 Å². The number of hydrogen-bond donors (Lipinski definition) is 3. The molecule has 0 atom stereocenters. The van der Waals surface area contributed by atoms with E-state index in [1.807, 2.05) is 0 Å². The summed E-state index contributed by atoms with van der Waals surface area (Å²) in [6.45, 7) is 0. The molecule has 0 aromatic carbocycles. The van der Waals surface area contributed by atoms with E-state index in [2.05, 4.69) is 0 Å². The molecule has 0 aromatic rings. The molecule has 0 spiro atoms. The van der Waals surface area contributed by atoms with Crippen molar-refractivity contribution >= 4 is 7.82 Å². The van der Waals surface area contributed by atoms with Crippen molar-refractivity contribution in [2.45, 2.75) is 0 Å². The van der Waals surface area contributed by atoms with Gasteiger partial charge in [0, 0.05) is 16.5 Å². The summed E-state index contributed by atoms with van der Waals surface area (Å²) < 4.78 is 8.88. The van der Waals surface area contributed by atoms with Gasteiger partial charge in [-0.1, -0.05) is 0 Å². The maximum atomic E-state index is 8.88. The van der Waals surface area contributed by atoms with Gasteiger partial charge in [-0.15, -0.1) is 0 Å². The van der Waals surface area contributed by atoms with Crippen molar-refractivity contribution in [2.75, 3.05) is 0 Å². The van der Waals surface area contributed by atoms with E-state index in [4.69, 9.17) is 19.2 Å². The van der Waals surface area contributed by atoms with Crippen molar-refractivity contribution in [1.29, 1.82) is 0 Å². The predicted molar refractivity (Wildman–Crippen MR) is 17.9 cm³/mol. The smallest absolute Gasteiger partial charge is 0.412 e. The summed E-state index contributed by atoms with van der Waals surface area (Å²) in [7, 11) is -4.64. The third-order valence-corrected chi connectivity index (χ3v) is 0. The van der Waals surface area contributed by atoms with E-state index in [0.29, 0.717) is 0 Å². The molecule has 0 aliphatic carbocycles. The minimum atomic E-state index is -4.64. The molecule has 0 bridgehead atoms. The van der Waals surface area contributed by atoms with Crippen LogP contribution in [0.1, 0.15) is 0 Å². The zero-order chi connectivity index (χ0) is 4.50. The molecule has 0 aromatic heterocycles. The quantitative estimate of drug-likeness (QED) is 0.299. The fourth-order valence-electron chi connectivity index (χ4n) is 0. The first kappa shape index (κ1) is 15.6. The standard InChI is InChI=1S/Ni.H3O4P.H2O/c;1-5(2,3)4;/h;(H3,1,2,3,4);1H2. The van der Waals surface area contributed by atoms with Crippen LogP contribution in [0.15, 0.2) is 0 Å². The fourth-order valence-corrected chi connectivity index (χ4v) is 0. The first-order valence-corrected chi connectivity index (χ1v) is 2.35. The van der Waals surface area contributed by atoms with E-state index in [1.165, 1.54) is 0 Å². The molecular formula is H5NiO5P. The second kappa shape index (κ2) is 4.72. The third kappa shape index (κ3) is 430. The Labute approximate surface area is 49.8 Å². The molecule has 7 heavy (non-hydrogen) atoms. The van der Waals surface area contributed by atoms with Crippen molar-refractivity contribution in [3.8, 4) is 0 Å². The monoisotopic (exact) mass is 174 g/mol. The van der Waals surface area contributed by atoms with Crippen molar-refractivity contribution in [2.24, 2.45) is 0 Å². The van der Waals surface area contributed by atoms with Crippen LogP contribution in [-0.2, 0) is 21.1 Å². The molecule has 0 unspecified atom stereocenters. The van der Waals surface area contributed by atoms with Crippen LogP contribution in [0.2, 0.25) is 0 Å². The molecule has 0 amide bonds. The van der Waals surface area contributed by atoms with Crippen LogP contribution in [0.25, 0.3) is 0 Å². The molecule has 0 rings (SSSR count). The number of phosphoric acid groups is 1.